The van der Waals surface area contributed by atoms with Gasteiger partial charge in [-0.3, -0.25) is 9.69 Å². The van der Waals surface area contributed by atoms with Gasteiger partial charge in [0.2, 0.25) is 5.91 Å². The van der Waals surface area contributed by atoms with E-state index in [2.05, 4.69) is 41.4 Å². The van der Waals surface area contributed by atoms with E-state index in [4.69, 9.17) is 9.26 Å². The Bertz CT molecular complexity index is 1120. The smallest absolute Gasteiger partial charge is 0.224 e. The van der Waals surface area contributed by atoms with E-state index in [-0.39, 0.29) is 5.91 Å². The Morgan fingerprint density at radius 1 is 1.09 bits per heavy atom. The summed E-state index contributed by atoms with van der Waals surface area (Å²) in [7, 11) is 0. The first-order valence-electron chi connectivity index (χ1n) is 12.3. The maximum absolute atomic E-state index is 12.9. The molecule has 0 bridgehead atoms. The average molecular weight is 460 g/mol. The molecule has 1 saturated heterocycles. The molecule has 178 valence electrons. The van der Waals surface area contributed by atoms with Crippen molar-refractivity contribution in [1.82, 2.24) is 10.1 Å². The van der Waals surface area contributed by atoms with Crippen LogP contribution in [-0.2, 0) is 11.3 Å². The van der Waals surface area contributed by atoms with Crippen molar-refractivity contribution in [1.29, 1.82) is 0 Å². The van der Waals surface area contributed by atoms with Gasteiger partial charge < -0.3 is 14.6 Å². The van der Waals surface area contributed by atoms with Gasteiger partial charge in [0, 0.05) is 24.6 Å². The fourth-order valence-corrected chi connectivity index (χ4v) is 5.14. The molecule has 2 aromatic carbocycles. The van der Waals surface area contributed by atoms with E-state index < -0.39 is 0 Å². The van der Waals surface area contributed by atoms with Crippen molar-refractivity contribution in [2.75, 3.05) is 25.0 Å². The molecule has 2 aliphatic rings. The maximum atomic E-state index is 12.9. The number of piperidine rings is 1. The first-order chi connectivity index (χ1) is 16.5. The molecule has 1 N–H and O–H groups in total. The lowest BCUT2D eigenvalue weighted by Crippen LogP contribution is -2.42. The number of nitrogens with one attached hydrogen (secondary N) is 1. The molecule has 2 atom stereocenters. The summed E-state index contributed by atoms with van der Waals surface area (Å²) in [6.07, 6.45) is 2.49. The fourth-order valence-electron chi connectivity index (χ4n) is 5.14. The lowest BCUT2D eigenvalue weighted by molar-refractivity contribution is -0.118. The van der Waals surface area contributed by atoms with Crippen molar-refractivity contribution < 1.29 is 14.1 Å². The molecule has 1 aromatic heterocycles. The van der Waals surface area contributed by atoms with E-state index in [0.717, 1.165) is 60.9 Å². The monoisotopic (exact) mass is 459 g/mol. The van der Waals surface area contributed by atoms with Gasteiger partial charge in [-0.1, -0.05) is 55.4 Å². The van der Waals surface area contributed by atoms with Crippen LogP contribution in [0.4, 0.5) is 5.69 Å². The number of hydrogen-bond acceptors (Lipinski definition) is 5. The zero-order chi connectivity index (χ0) is 23.5. The third kappa shape index (κ3) is 5.17. The summed E-state index contributed by atoms with van der Waals surface area (Å²) in [5.74, 6) is 2.90. The number of hydrogen-bond donors (Lipinski definition) is 1. The molecule has 3 heterocycles. The van der Waals surface area contributed by atoms with Gasteiger partial charge in [0.05, 0.1) is 18.8 Å². The molecule has 0 aliphatic carbocycles. The molecule has 1 fully saturated rings. The predicted octanol–water partition coefficient (Wildman–Crippen LogP) is 5.71. The van der Waals surface area contributed by atoms with Crippen LogP contribution in [0, 0.1) is 11.8 Å². The highest BCUT2D eigenvalue weighted by Gasteiger charge is 2.32. The number of amides is 1. The number of carbonyl (C=O) groups excluding carboxylic acids is 1. The third-order valence-electron chi connectivity index (χ3n) is 7.12. The second-order valence-electron chi connectivity index (χ2n) is 9.89. The Balaban J connectivity index is 1.25. The topological polar surface area (TPSA) is 67.6 Å². The lowest BCUT2D eigenvalue weighted by Gasteiger charge is -2.38. The Labute approximate surface area is 201 Å². The molecule has 0 spiro atoms. The number of anilines is 1. The summed E-state index contributed by atoms with van der Waals surface area (Å²) in [5, 5.41) is 7.38. The highest BCUT2D eigenvalue weighted by Crippen LogP contribution is 2.35. The van der Waals surface area contributed by atoms with Crippen LogP contribution in [0.2, 0.25) is 0 Å². The molecule has 5 rings (SSSR count). The largest absolute Gasteiger partial charge is 0.491 e. The minimum atomic E-state index is 0.0823. The quantitative estimate of drug-likeness (QED) is 0.541. The van der Waals surface area contributed by atoms with E-state index in [1.807, 2.05) is 42.5 Å². The zero-order valence-electron chi connectivity index (χ0n) is 20.0. The molecule has 0 radical (unpaired) electrons. The Kier molecular flexibility index (Phi) is 6.68. The van der Waals surface area contributed by atoms with Crippen molar-refractivity contribution in [3.63, 3.8) is 0 Å². The van der Waals surface area contributed by atoms with Crippen LogP contribution in [0.3, 0.4) is 0 Å². The van der Waals surface area contributed by atoms with E-state index >= 15 is 0 Å². The minimum absolute atomic E-state index is 0.0823. The van der Waals surface area contributed by atoms with Gasteiger partial charge in [-0.15, -0.1) is 0 Å². The van der Waals surface area contributed by atoms with Crippen LogP contribution in [0.25, 0.3) is 11.3 Å². The molecular weight excluding hydrogens is 426 g/mol. The summed E-state index contributed by atoms with van der Waals surface area (Å²) < 4.78 is 11.8. The van der Waals surface area contributed by atoms with E-state index in [0.29, 0.717) is 30.8 Å². The van der Waals surface area contributed by atoms with Crippen LogP contribution in [0.5, 0.6) is 5.75 Å². The van der Waals surface area contributed by atoms with Crippen molar-refractivity contribution >= 4 is 11.6 Å². The van der Waals surface area contributed by atoms with E-state index in [1.54, 1.807) is 0 Å². The Morgan fingerprint density at radius 3 is 2.76 bits per heavy atom. The molecule has 6 nitrogen and oxygen atoms in total. The van der Waals surface area contributed by atoms with Gasteiger partial charge in [-0.2, -0.15) is 0 Å². The lowest BCUT2D eigenvalue weighted by atomic mass is 9.81. The molecular formula is C28H33N3O3. The highest BCUT2D eigenvalue weighted by molar-refractivity contribution is 5.92. The van der Waals surface area contributed by atoms with Crippen molar-refractivity contribution in [3.8, 4) is 17.0 Å². The first-order valence-corrected chi connectivity index (χ1v) is 12.3. The van der Waals surface area contributed by atoms with Gasteiger partial charge in [0.15, 0.2) is 5.76 Å². The summed E-state index contributed by atoms with van der Waals surface area (Å²) in [6, 6.07) is 18.3. The summed E-state index contributed by atoms with van der Waals surface area (Å²) >= 11 is 0. The molecule has 34 heavy (non-hydrogen) atoms. The van der Waals surface area contributed by atoms with Gasteiger partial charge in [0.1, 0.15) is 11.4 Å². The predicted molar refractivity (Wildman–Crippen MR) is 133 cm³/mol. The SMILES string of the molecule is CC(C)c1ccc2c(c1)NC(=O)C[C@@H]1CCN(Cc3cc(-c4ccccc4)no3)C[C@@H]1CCO2. The van der Waals surface area contributed by atoms with Crippen LogP contribution in [0.1, 0.15) is 50.4 Å². The summed E-state index contributed by atoms with van der Waals surface area (Å²) in [6.45, 7) is 7.58. The number of carbonyl (C=O) groups is 1. The zero-order valence-corrected chi connectivity index (χ0v) is 20.0. The average Bonchev–Trinajstić information content (AvgIpc) is 3.30. The molecule has 2 aliphatic heterocycles. The van der Waals surface area contributed by atoms with Gasteiger partial charge in [0.25, 0.3) is 0 Å². The van der Waals surface area contributed by atoms with Gasteiger partial charge in [-0.05, 0) is 54.8 Å². The fraction of sp³-hybridized carbons (Fsp3) is 0.429. The molecule has 6 heteroatoms. The van der Waals surface area contributed by atoms with Crippen molar-refractivity contribution in [2.45, 2.75) is 45.6 Å². The highest BCUT2D eigenvalue weighted by atomic mass is 16.5. The normalized spacial score (nSPS) is 21.3. The van der Waals surface area contributed by atoms with Crippen molar-refractivity contribution in [3.05, 3.63) is 65.9 Å². The number of aromatic nitrogens is 1. The van der Waals surface area contributed by atoms with Gasteiger partial charge in [-0.25, -0.2) is 0 Å². The molecule has 0 saturated carbocycles. The van der Waals surface area contributed by atoms with Crippen molar-refractivity contribution in [2.24, 2.45) is 11.8 Å². The summed E-state index contributed by atoms with van der Waals surface area (Å²) in [5.41, 5.74) is 3.93. The minimum Gasteiger partial charge on any atom is -0.491 e. The second-order valence-corrected chi connectivity index (χ2v) is 9.89. The van der Waals surface area contributed by atoms with E-state index in [1.165, 1.54) is 5.56 Å². The number of benzene rings is 2. The van der Waals surface area contributed by atoms with Gasteiger partial charge >= 0.3 is 0 Å². The Morgan fingerprint density at radius 2 is 1.94 bits per heavy atom. The third-order valence-corrected chi connectivity index (χ3v) is 7.12. The number of likely N-dealkylation sites (tertiary alicyclic amines) is 1. The summed E-state index contributed by atoms with van der Waals surface area (Å²) in [4.78, 5) is 15.3. The molecule has 3 aromatic rings. The van der Waals surface area contributed by atoms with Crippen LogP contribution < -0.4 is 10.1 Å². The van der Waals surface area contributed by atoms with Crippen LogP contribution in [-0.4, -0.2) is 35.7 Å². The first kappa shape index (κ1) is 22.7. The standard InChI is InChI=1S/C28H33N3O3/c1-19(2)21-8-9-27-26(14-21)29-28(32)15-22-10-12-31(17-23(22)11-13-33-27)18-24-16-25(30-34-24)20-6-4-3-5-7-20/h3-9,14,16,19,22-23H,10-13,15,17-18H2,1-2H3,(H,29,32)/t22-,23-/m0/s1. The number of nitrogens with zero attached hydrogens (tertiary/aromatic N) is 2. The molecule has 0 unspecified atom stereocenters. The number of ether oxygens (including phenoxy) is 1. The Hall–Kier alpha value is -3.12. The number of rotatable bonds is 4. The van der Waals surface area contributed by atoms with Crippen LogP contribution in [0.15, 0.2) is 59.1 Å². The number of fused-ring (bicyclic) bond motifs is 2. The second kappa shape index (κ2) is 10.0. The maximum Gasteiger partial charge on any atom is 0.224 e. The van der Waals surface area contributed by atoms with E-state index in [9.17, 15) is 4.79 Å². The molecule has 1 amide bonds. The van der Waals surface area contributed by atoms with Crippen LogP contribution >= 0.6 is 0 Å².